The monoisotopic (exact) mass is 368 g/mol. The maximum Gasteiger partial charge on any atom is 0.459 e. The number of aromatic nitrogens is 2. The maximum atomic E-state index is 12.9. The van der Waals surface area contributed by atoms with Crippen molar-refractivity contribution in [1.29, 1.82) is 0 Å². The Morgan fingerprint density at radius 3 is 2.76 bits per heavy atom. The summed E-state index contributed by atoms with van der Waals surface area (Å²) < 4.78 is 32.5. The molecule has 0 aliphatic carbocycles. The second-order valence-corrected chi connectivity index (χ2v) is 5.10. The second-order valence-electron chi connectivity index (χ2n) is 3.32. The molecule has 0 saturated heterocycles. The maximum absolute atomic E-state index is 12.9. The highest BCUT2D eigenvalue weighted by molar-refractivity contribution is 9.10. The van der Waals surface area contributed by atoms with Gasteiger partial charge in [-0.2, -0.15) is 13.9 Å². The number of alkyl halides is 3. The number of nitrogens with zero attached hydrogens (tertiary/aromatic N) is 2. The summed E-state index contributed by atoms with van der Waals surface area (Å²) in [5.41, 5.74) is 0.543. The van der Waals surface area contributed by atoms with Crippen LogP contribution in [0.1, 0.15) is 6.92 Å². The summed E-state index contributed by atoms with van der Waals surface area (Å²) in [6.07, 6.45) is 1.62. The largest absolute Gasteiger partial charge is 0.459 e. The van der Waals surface area contributed by atoms with E-state index in [1.54, 1.807) is 23.0 Å². The Hall–Kier alpha value is -0.690. The van der Waals surface area contributed by atoms with E-state index in [1.807, 2.05) is 6.92 Å². The summed E-state index contributed by atoms with van der Waals surface area (Å²) >= 11 is 5.36. The van der Waals surface area contributed by atoms with Gasteiger partial charge in [-0.25, -0.2) is 0 Å². The Balaban J connectivity index is 2.65. The zero-order chi connectivity index (χ0) is 12.6. The van der Waals surface area contributed by atoms with Crippen molar-refractivity contribution in [3.8, 4) is 5.75 Å². The molecule has 1 aromatic heterocycles. The molecule has 0 aliphatic heterocycles. The van der Waals surface area contributed by atoms with E-state index in [4.69, 9.17) is 0 Å². The normalized spacial score (nSPS) is 12.1. The molecule has 0 radical (unpaired) electrons. The van der Waals surface area contributed by atoms with Gasteiger partial charge in [-0.05, 0) is 35.0 Å². The summed E-state index contributed by atoms with van der Waals surface area (Å²) in [5, 5.41) is 1.44. The minimum atomic E-state index is -3.41. The van der Waals surface area contributed by atoms with E-state index < -0.39 is 5.02 Å². The first-order valence-electron chi connectivity index (χ1n) is 4.82. The van der Waals surface area contributed by atoms with Gasteiger partial charge in [-0.3, -0.25) is 4.68 Å². The molecule has 0 spiro atoms. The van der Waals surface area contributed by atoms with Crippen LogP contribution in [0.4, 0.5) is 8.78 Å². The average Bonchev–Trinajstić information content (AvgIpc) is 2.64. The van der Waals surface area contributed by atoms with Gasteiger partial charge in [-0.1, -0.05) is 0 Å². The quantitative estimate of drug-likeness (QED) is 0.760. The number of hydrogen-bond acceptors (Lipinski definition) is 2. The minimum Gasteiger partial charge on any atom is -0.420 e. The third-order valence-electron chi connectivity index (χ3n) is 2.23. The molecule has 7 heteroatoms. The number of fused-ring (bicyclic) bond motifs is 1. The molecule has 0 bridgehead atoms. The molecule has 1 aromatic carbocycles. The molecule has 0 saturated carbocycles. The Labute approximate surface area is 113 Å². The minimum absolute atomic E-state index is 0.0729. The Morgan fingerprint density at radius 2 is 2.18 bits per heavy atom. The number of rotatable bonds is 3. The van der Waals surface area contributed by atoms with E-state index in [1.165, 1.54) is 0 Å². The second kappa shape index (κ2) is 4.53. The molecule has 0 unspecified atom stereocenters. The van der Waals surface area contributed by atoms with Crippen molar-refractivity contribution < 1.29 is 13.5 Å². The third kappa shape index (κ3) is 2.60. The molecule has 17 heavy (non-hydrogen) atoms. The Bertz CT molecular complexity index is 551. The van der Waals surface area contributed by atoms with E-state index >= 15 is 0 Å². The highest BCUT2D eigenvalue weighted by Crippen LogP contribution is 2.38. The van der Waals surface area contributed by atoms with Crippen LogP contribution in [-0.2, 0) is 6.54 Å². The van der Waals surface area contributed by atoms with Crippen LogP contribution in [0.15, 0.2) is 22.8 Å². The van der Waals surface area contributed by atoms with E-state index in [2.05, 4.69) is 41.7 Å². The third-order valence-corrected chi connectivity index (χ3v) is 3.01. The van der Waals surface area contributed by atoms with E-state index in [0.717, 1.165) is 5.39 Å². The van der Waals surface area contributed by atoms with Crippen molar-refractivity contribution in [3.63, 3.8) is 0 Å². The molecule has 0 N–H and O–H groups in total. The predicted octanol–water partition coefficient (Wildman–Crippen LogP) is 4.14. The summed E-state index contributed by atoms with van der Waals surface area (Å²) in [6.45, 7) is 2.45. The van der Waals surface area contributed by atoms with Crippen molar-refractivity contribution >= 4 is 42.8 Å². The standard InChI is InChI=1S/C10H8Br2F2N2O/c1-2-16-8-6(5-15-16)3-4-7(11)9(8)17-10(12,13)14/h3-5H,2H2,1H3. The van der Waals surface area contributed by atoms with Crippen LogP contribution < -0.4 is 4.74 Å². The number of aryl methyl sites for hydroxylation is 1. The van der Waals surface area contributed by atoms with Gasteiger partial charge in [0.15, 0.2) is 5.75 Å². The van der Waals surface area contributed by atoms with Gasteiger partial charge in [0.05, 0.1) is 10.7 Å². The topological polar surface area (TPSA) is 27.1 Å². The lowest BCUT2D eigenvalue weighted by Gasteiger charge is -2.14. The number of halogens is 4. The van der Waals surface area contributed by atoms with Crippen LogP contribution in [0.3, 0.4) is 0 Å². The average molecular weight is 370 g/mol. The van der Waals surface area contributed by atoms with Gasteiger partial charge in [0, 0.05) is 27.9 Å². The highest BCUT2D eigenvalue weighted by atomic mass is 79.9. The molecule has 0 amide bonds. The zero-order valence-corrected chi connectivity index (χ0v) is 11.9. The van der Waals surface area contributed by atoms with Crippen molar-refractivity contribution in [3.05, 3.63) is 22.8 Å². The SMILES string of the molecule is CCn1ncc2ccc(Br)c(OC(F)(F)Br)c21. The van der Waals surface area contributed by atoms with Crippen LogP contribution in [0.2, 0.25) is 0 Å². The molecule has 0 aliphatic rings. The molecular weight excluding hydrogens is 362 g/mol. The van der Waals surface area contributed by atoms with E-state index in [0.29, 0.717) is 16.5 Å². The molecule has 1 heterocycles. The summed E-state index contributed by atoms with van der Waals surface area (Å²) in [4.78, 5) is 0. The summed E-state index contributed by atoms with van der Waals surface area (Å²) in [5.74, 6) is 0.0729. The van der Waals surface area contributed by atoms with Gasteiger partial charge < -0.3 is 4.74 Å². The fourth-order valence-corrected chi connectivity index (χ4v) is 2.14. The van der Waals surface area contributed by atoms with Crippen molar-refractivity contribution in [2.24, 2.45) is 0 Å². The first-order chi connectivity index (χ1) is 7.92. The van der Waals surface area contributed by atoms with Gasteiger partial charge in [0.2, 0.25) is 0 Å². The molecule has 2 rings (SSSR count). The number of ether oxygens (including phenoxy) is 1. The van der Waals surface area contributed by atoms with Crippen molar-refractivity contribution in [1.82, 2.24) is 9.78 Å². The molecule has 3 nitrogen and oxygen atoms in total. The molecule has 0 atom stereocenters. The van der Waals surface area contributed by atoms with E-state index in [9.17, 15) is 8.78 Å². The fourth-order valence-electron chi connectivity index (χ4n) is 1.57. The van der Waals surface area contributed by atoms with Crippen molar-refractivity contribution in [2.45, 2.75) is 18.5 Å². The van der Waals surface area contributed by atoms with E-state index in [-0.39, 0.29) is 5.75 Å². The Kier molecular flexibility index (Phi) is 3.40. The molecule has 2 aromatic rings. The first-order valence-corrected chi connectivity index (χ1v) is 6.40. The van der Waals surface area contributed by atoms with Crippen LogP contribution in [-0.4, -0.2) is 14.8 Å². The fraction of sp³-hybridized carbons (Fsp3) is 0.300. The smallest absolute Gasteiger partial charge is 0.420 e. The molecule has 0 fully saturated rings. The van der Waals surface area contributed by atoms with Gasteiger partial charge in [0.25, 0.3) is 0 Å². The number of benzene rings is 1. The van der Waals surface area contributed by atoms with Crippen molar-refractivity contribution in [2.75, 3.05) is 0 Å². The lowest BCUT2D eigenvalue weighted by Crippen LogP contribution is -2.16. The molecule has 92 valence electrons. The van der Waals surface area contributed by atoms with Crippen LogP contribution >= 0.6 is 31.9 Å². The van der Waals surface area contributed by atoms with Crippen LogP contribution in [0.5, 0.6) is 5.75 Å². The summed E-state index contributed by atoms with van der Waals surface area (Å²) in [7, 11) is 0. The lowest BCUT2D eigenvalue weighted by atomic mass is 10.2. The predicted molar refractivity (Wildman–Crippen MR) is 67.6 cm³/mol. The van der Waals surface area contributed by atoms with Crippen LogP contribution in [0.25, 0.3) is 10.9 Å². The molecular formula is C10H8Br2F2N2O. The highest BCUT2D eigenvalue weighted by Gasteiger charge is 2.29. The van der Waals surface area contributed by atoms with Gasteiger partial charge in [-0.15, -0.1) is 0 Å². The van der Waals surface area contributed by atoms with Crippen LogP contribution in [0, 0.1) is 0 Å². The van der Waals surface area contributed by atoms with Gasteiger partial charge >= 0.3 is 5.02 Å². The Morgan fingerprint density at radius 1 is 1.47 bits per heavy atom. The first kappa shape index (κ1) is 12.8. The van der Waals surface area contributed by atoms with Gasteiger partial charge in [0.1, 0.15) is 5.52 Å². The zero-order valence-electron chi connectivity index (χ0n) is 8.75. The summed E-state index contributed by atoms with van der Waals surface area (Å²) in [6, 6.07) is 3.44. The number of hydrogen-bond donors (Lipinski definition) is 0. The lowest BCUT2D eigenvalue weighted by molar-refractivity contribution is -0.0799.